The van der Waals surface area contributed by atoms with Crippen molar-refractivity contribution in [1.82, 2.24) is 29.9 Å². The van der Waals surface area contributed by atoms with Crippen LogP contribution in [-0.4, -0.2) is 29.9 Å². The van der Waals surface area contributed by atoms with Crippen molar-refractivity contribution in [1.29, 1.82) is 0 Å². The molecule has 3 N–H and O–H groups in total. The molecule has 0 aliphatic rings. The van der Waals surface area contributed by atoms with Gasteiger partial charge in [-0.05, 0) is 32.4 Å². The van der Waals surface area contributed by atoms with Crippen LogP contribution in [0.1, 0.15) is 38.4 Å². The van der Waals surface area contributed by atoms with Crippen LogP contribution in [0.25, 0.3) is 11.0 Å². The van der Waals surface area contributed by atoms with Gasteiger partial charge in [-0.2, -0.15) is 9.97 Å². The summed E-state index contributed by atoms with van der Waals surface area (Å²) >= 11 is 0. The normalized spacial score (nSPS) is 12.4. The van der Waals surface area contributed by atoms with Crippen molar-refractivity contribution in [3.05, 3.63) is 54.4 Å². The van der Waals surface area contributed by atoms with Crippen LogP contribution in [0.3, 0.4) is 0 Å². The van der Waals surface area contributed by atoms with Crippen molar-refractivity contribution in [2.75, 3.05) is 10.6 Å². The summed E-state index contributed by atoms with van der Waals surface area (Å²) in [4.78, 5) is 12.3. The van der Waals surface area contributed by atoms with E-state index in [4.69, 9.17) is 0 Å². The van der Waals surface area contributed by atoms with Gasteiger partial charge in [0.25, 0.3) is 0 Å². The maximum atomic E-state index is 4.66. The van der Waals surface area contributed by atoms with Crippen molar-refractivity contribution in [3.8, 4) is 0 Å². The van der Waals surface area contributed by atoms with Crippen LogP contribution in [0.4, 0.5) is 17.6 Å². The molecule has 4 aromatic rings. The van der Waals surface area contributed by atoms with E-state index >= 15 is 0 Å². The predicted octanol–water partition coefficient (Wildman–Crippen LogP) is 4.05. The highest BCUT2D eigenvalue weighted by molar-refractivity contribution is 5.88. The molecule has 0 fully saturated rings. The Labute approximate surface area is 157 Å². The van der Waals surface area contributed by atoms with Crippen molar-refractivity contribution in [3.63, 3.8) is 0 Å². The van der Waals surface area contributed by atoms with Crippen molar-refractivity contribution >= 4 is 28.6 Å². The van der Waals surface area contributed by atoms with E-state index in [1.165, 1.54) is 5.56 Å². The van der Waals surface area contributed by atoms with Gasteiger partial charge >= 0.3 is 0 Å². The topological polar surface area (TPSA) is 96.3 Å². The van der Waals surface area contributed by atoms with Gasteiger partial charge < -0.3 is 15.6 Å². The molecule has 0 unspecified atom stereocenters. The Morgan fingerprint density at radius 3 is 2.59 bits per heavy atom. The van der Waals surface area contributed by atoms with Gasteiger partial charge in [-0.15, -0.1) is 5.10 Å². The fraction of sp³-hybridized carbons (Fsp3) is 0.263. The molecule has 0 aliphatic carbocycles. The van der Waals surface area contributed by atoms with Crippen molar-refractivity contribution < 1.29 is 0 Å². The fourth-order valence-electron chi connectivity index (χ4n) is 2.84. The first-order valence-corrected chi connectivity index (χ1v) is 8.95. The summed E-state index contributed by atoms with van der Waals surface area (Å²) in [6, 6.07) is 12.6. The summed E-state index contributed by atoms with van der Waals surface area (Å²) in [6.45, 7) is 6.21. The Balaban J connectivity index is 1.63. The van der Waals surface area contributed by atoms with E-state index in [-0.39, 0.29) is 12.1 Å². The molecule has 1 atom stereocenters. The summed E-state index contributed by atoms with van der Waals surface area (Å²) in [5, 5.41) is 15.8. The van der Waals surface area contributed by atoms with Crippen LogP contribution < -0.4 is 10.6 Å². The average molecular weight is 362 g/mol. The van der Waals surface area contributed by atoms with E-state index in [0.29, 0.717) is 11.8 Å². The molecule has 138 valence electrons. The number of fused-ring (bicyclic) bond motifs is 1. The van der Waals surface area contributed by atoms with Crippen molar-refractivity contribution in [2.45, 2.75) is 32.9 Å². The minimum absolute atomic E-state index is 0.105. The molecule has 3 aromatic heterocycles. The molecule has 4 rings (SSSR count). The highest BCUT2D eigenvalue weighted by Gasteiger charge is 2.13. The Kier molecular flexibility index (Phi) is 4.45. The monoisotopic (exact) mass is 362 g/mol. The lowest BCUT2D eigenvalue weighted by atomic mass is 10.1. The van der Waals surface area contributed by atoms with E-state index in [9.17, 15) is 0 Å². The number of aromatic nitrogens is 6. The standard InChI is InChI=1S/C19H22N8/c1-12(2)27-11-16(25-26-27)22-19-23-17-15(9-10-20-17)18(24-19)21-13(3)14-7-5-4-6-8-14/h4-13H,1-3H3,(H3,20,21,22,23,24)/t13-/m0/s1. The first-order valence-electron chi connectivity index (χ1n) is 8.95. The summed E-state index contributed by atoms with van der Waals surface area (Å²) in [5.41, 5.74) is 1.95. The van der Waals surface area contributed by atoms with E-state index in [0.717, 1.165) is 16.9 Å². The highest BCUT2D eigenvalue weighted by Crippen LogP contribution is 2.26. The van der Waals surface area contributed by atoms with Gasteiger partial charge in [0, 0.05) is 18.3 Å². The average Bonchev–Trinajstić information content (AvgIpc) is 3.32. The maximum Gasteiger partial charge on any atom is 0.232 e. The van der Waals surface area contributed by atoms with Gasteiger partial charge in [-0.1, -0.05) is 35.5 Å². The molecule has 0 bridgehead atoms. The number of nitrogens with one attached hydrogen (secondary N) is 3. The molecule has 1 aromatic carbocycles. The number of hydrogen-bond donors (Lipinski definition) is 3. The van der Waals surface area contributed by atoms with E-state index in [2.05, 4.69) is 55.0 Å². The van der Waals surface area contributed by atoms with E-state index in [1.54, 1.807) is 4.68 Å². The smallest absolute Gasteiger partial charge is 0.232 e. The zero-order chi connectivity index (χ0) is 18.8. The second-order valence-electron chi connectivity index (χ2n) is 6.72. The molecule has 0 saturated heterocycles. The first-order chi connectivity index (χ1) is 13.1. The summed E-state index contributed by atoms with van der Waals surface area (Å²) in [7, 11) is 0. The maximum absolute atomic E-state index is 4.66. The largest absolute Gasteiger partial charge is 0.363 e. The third kappa shape index (κ3) is 3.59. The highest BCUT2D eigenvalue weighted by atomic mass is 15.5. The molecule has 0 spiro atoms. The molecule has 0 saturated carbocycles. The summed E-state index contributed by atoms with van der Waals surface area (Å²) < 4.78 is 1.78. The molecule has 3 heterocycles. The number of benzene rings is 1. The third-order valence-electron chi connectivity index (χ3n) is 4.35. The van der Waals surface area contributed by atoms with Gasteiger partial charge in [-0.3, -0.25) is 0 Å². The summed E-state index contributed by atoms with van der Waals surface area (Å²) in [5.74, 6) is 1.83. The van der Waals surface area contributed by atoms with Crippen LogP contribution in [0.5, 0.6) is 0 Å². The lowest BCUT2D eigenvalue weighted by Crippen LogP contribution is -2.09. The van der Waals surface area contributed by atoms with Crippen LogP contribution in [-0.2, 0) is 0 Å². The van der Waals surface area contributed by atoms with Crippen LogP contribution >= 0.6 is 0 Å². The number of rotatable bonds is 6. The second-order valence-corrected chi connectivity index (χ2v) is 6.72. The lowest BCUT2D eigenvalue weighted by Gasteiger charge is -2.16. The number of hydrogen-bond acceptors (Lipinski definition) is 6. The Bertz CT molecular complexity index is 1030. The predicted molar refractivity (Wildman–Crippen MR) is 106 cm³/mol. The quantitative estimate of drug-likeness (QED) is 0.479. The number of aromatic amines is 1. The molecular formula is C19H22N8. The Morgan fingerprint density at radius 2 is 1.85 bits per heavy atom. The number of nitrogens with zero attached hydrogens (tertiary/aromatic N) is 5. The molecule has 8 nitrogen and oxygen atoms in total. The lowest BCUT2D eigenvalue weighted by molar-refractivity contribution is 0.514. The molecule has 0 amide bonds. The van der Waals surface area contributed by atoms with Gasteiger partial charge in [0.1, 0.15) is 11.5 Å². The number of H-pyrrole nitrogens is 1. The van der Waals surface area contributed by atoms with Crippen LogP contribution in [0, 0.1) is 0 Å². The first kappa shape index (κ1) is 17.0. The minimum atomic E-state index is 0.105. The zero-order valence-corrected chi connectivity index (χ0v) is 15.5. The van der Waals surface area contributed by atoms with Gasteiger partial charge in [-0.25, -0.2) is 4.68 Å². The Morgan fingerprint density at radius 1 is 1.04 bits per heavy atom. The van der Waals surface area contributed by atoms with Gasteiger partial charge in [0.05, 0.1) is 11.6 Å². The van der Waals surface area contributed by atoms with E-state index < -0.39 is 0 Å². The molecular weight excluding hydrogens is 340 g/mol. The third-order valence-corrected chi connectivity index (χ3v) is 4.35. The second kappa shape index (κ2) is 7.06. The van der Waals surface area contributed by atoms with Crippen LogP contribution in [0.15, 0.2) is 48.8 Å². The summed E-state index contributed by atoms with van der Waals surface area (Å²) in [6.07, 6.45) is 3.70. The zero-order valence-electron chi connectivity index (χ0n) is 15.5. The van der Waals surface area contributed by atoms with Gasteiger partial charge in [0.15, 0.2) is 5.82 Å². The van der Waals surface area contributed by atoms with Crippen molar-refractivity contribution in [2.24, 2.45) is 0 Å². The van der Waals surface area contributed by atoms with Crippen LogP contribution in [0.2, 0.25) is 0 Å². The fourth-order valence-corrected chi connectivity index (χ4v) is 2.84. The Hall–Kier alpha value is -3.42. The van der Waals surface area contributed by atoms with E-state index in [1.807, 2.05) is 50.5 Å². The molecule has 0 radical (unpaired) electrons. The van der Waals surface area contributed by atoms with Gasteiger partial charge in [0.2, 0.25) is 5.95 Å². The molecule has 8 heteroatoms. The number of anilines is 3. The minimum Gasteiger partial charge on any atom is -0.363 e. The molecule has 27 heavy (non-hydrogen) atoms. The SMILES string of the molecule is CC(C)n1cc(Nc2nc(N[C@@H](C)c3ccccc3)c3cc[nH]c3n2)nn1. The molecule has 0 aliphatic heterocycles.